The second-order valence-corrected chi connectivity index (χ2v) is 3.55. The molecule has 0 radical (unpaired) electrons. The van der Waals surface area contributed by atoms with E-state index in [9.17, 15) is 9.59 Å². The fraction of sp³-hybridized carbons (Fsp3) is 0.571. The Morgan fingerprint density at radius 3 is 2.81 bits per heavy atom. The van der Waals surface area contributed by atoms with Gasteiger partial charge >= 0.3 is 12.0 Å². The monoisotopic (exact) mass is 245 g/mol. The highest BCUT2D eigenvalue weighted by Gasteiger charge is 2.14. The first kappa shape index (κ1) is 12.3. The lowest BCUT2D eigenvalue weighted by atomic mass is 10.4. The Bertz CT molecular complexity index is 355. The van der Waals surface area contributed by atoms with Gasteiger partial charge in [0, 0.05) is 24.6 Å². The molecule has 2 amide bonds. The first-order chi connectivity index (χ1) is 7.63. The summed E-state index contributed by atoms with van der Waals surface area (Å²) in [6.07, 6.45) is -0.0877. The highest BCUT2D eigenvalue weighted by molar-refractivity contribution is 7.09. The van der Waals surface area contributed by atoms with Crippen LogP contribution in [0.4, 0.5) is 9.93 Å². The maximum Gasteiger partial charge on any atom is 0.323 e. The van der Waals surface area contributed by atoms with Crippen LogP contribution in [0.2, 0.25) is 0 Å². The van der Waals surface area contributed by atoms with Gasteiger partial charge in [0.25, 0.3) is 0 Å². The quantitative estimate of drug-likeness (QED) is 0.770. The van der Waals surface area contributed by atoms with Crippen molar-refractivity contribution in [3.05, 3.63) is 0 Å². The van der Waals surface area contributed by atoms with Crippen molar-refractivity contribution in [2.75, 3.05) is 18.4 Å². The average Bonchev–Trinajstić information content (AvgIpc) is 2.71. The van der Waals surface area contributed by atoms with Crippen molar-refractivity contribution in [2.24, 2.45) is 0 Å². The molecule has 0 aliphatic carbocycles. The van der Waals surface area contributed by atoms with Gasteiger partial charge in [0.2, 0.25) is 5.13 Å². The largest absolute Gasteiger partial charge is 0.481 e. The van der Waals surface area contributed by atoms with E-state index in [-0.39, 0.29) is 13.0 Å². The van der Waals surface area contributed by atoms with Crippen LogP contribution in [0.1, 0.15) is 13.3 Å². The van der Waals surface area contributed by atoms with E-state index < -0.39 is 12.0 Å². The molecule has 16 heavy (non-hydrogen) atoms. The molecule has 1 aromatic heterocycles. The van der Waals surface area contributed by atoms with Gasteiger partial charge in [0.05, 0.1) is 6.42 Å². The summed E-state index contributed by atoms with van der Waals surface area (Å²) in [7, 11) is 0. The molecule has 0 fully saturated rings. The SMILES string of the molecule is CCN(CCC(=O)O)C(=O)Nc1nnns1. The van der Waals surface area contributed by atoms with Crippen LogP contribution in [0.15, 0.2) is 0 Å². The zero-order valence-electron chi connectivity index (χ0n) is 8.58. The number of rotatable bonds is 5. The van der Waals surface area contributed by atoms with E-state index in [4.69, 9.17) is 5.11 Å². The lowest BCUT2D eigenvalue weighted by Crippen LogP contribution is -2.36. The van der Waals surface area contributed by atoms with Crippen LogP contribution in [0, 0.1) is 0 Å². The Labute approximate surface area is 95.4 Å². The molecular weight excluding hydrogens is 234 g/mol. The molecule has 0 atom stereocenters. The van der Waals surface area contributed by atoms with Gasteiger partial charge in [0.1, 0.15) is 0 Å². The second-order valence-electron chi connectivity index (χ2n) is 2.82. The first-order valence-electron chi connectivity index (χ1n) is 4.56. The maximum atomic E-state index is 11.6. The van der Waals surface area contributed by atoms with Gasteiger partial charge in [-0.05, 0) is 12.1 Å². The Morgan fingerprint density at radius 2 is 2.31 bits per heavy atom. The number of carboxylic acid groups (broad SMARTS) is 1. The molecule has 0 aliphatic heterocycles. The summed E-state index contributed by atoms with van der Waals surface area (Å²) in [6.45, 7) is 2.34. The van der Waals surface area contributed by atoms with Gasteiger partial charge in [-0.2, -0.15) is 0 Å². The summed E-state index contributed by atoms with van der Waals surface area (Å²) >= 11 is 0.956. The molecular formula is C7H11N5O3S. The smallest absolute Gasteiger partial charge is 0.323 e. The third-order valence-electron chi connectivity index (χ3n) is 1.78. The standard InChI is InChI=1S/C7H11N5O3S/c1-2-12(4-3-5(13)14)7(15)8-6-9-10-11-16-6/h2-4H2,1H3,(H,13,14)(H,8,9,11,15). The van der Waals surface area contributed by atoms with Crippen LogP contribution < -0.4 is 5.32 Å². The van der Waals surface area contributed by atoms with Crippen LogP contribution in [0.25, 0.3) is 0 Å². The molecule has 0 bridgehead atoms. The molecule has 1 rings (SSSR count). The fourth-order valence-corrected chi connectivity index (χ4v) is 1.34. The van der Waals surface area contributed by atoms with Crippen LogP contribution in [0.5, 0.6) is 0 Å². The predicted molar refractivity (Wildman–Crippen MR) is 56.2 cm³/mol. The van der Waals surface area contributed by atoms with Crippen molar-refractivity contribution in [3.8, 4) is 0 Å². The topological polar surface area (TPSA) is 108 Å². The van der Waals surface area contributed by atoms with Crippen LogP contribution in [0.3, 0.4) is 0 Å². The van der Waals surface area contributed by atoms with E-state index in [1.807, 2.05) is 0 Å². The van der Waals surface area contributed by atoms with Crippen LogP contribution in [-0.4, -0.2) is 49.9 Å². The summed E-state index contributed by atoms with van der Waals surface area (Å²) in [4.78, 5) is 23.3. The molecule has 2 N–H and O–H groups in total. The van der Waals surface area contributed by atoms with E-state index in [1.165, 1.54) is 4.90 Å². The molecule has 0 unspecified atom stereocenters. The second kappa shape index (κ2) is 5.95. The first-order valence-corrected chi connectivity index (χ1v) is 5.33. The summed E-state index contributed by atoms with van der Waals surface area (Å²) in [5.74, 6) is -0.941. The number of carbonyl (C=O) groups is 2. The molecule has 88 valence electrons. The van der Waals surface area contributed by atoms with E-state index in [2.05, 4.69) is 20.1 Å². The van der Waals surface area contributed by atoms with Crippen LogP contribution >= 0.6 is 11.5 Å². The van der Waals surface area contributed by atoms with Crippen molar-refractivity contribution in [1.29, 1.82) is 0 Å². The Kier molecular flexibility index (Phi) is 4.58. The maximum absolute atomic E-state index is 11.6. The van der Waals surface area contributed by atoms with Crippen molar-refractivity contribution in [1.82, 2.24) is 19.7 Å². The number of urea groups is 1. The summed E-state index contributed by atoms with van der Waals surface area (Å²) in [6, 6.07) is -0.401. The molecule has 0 spiro atoms. The van der Waals surface area contributed by atoms with Crippen molar-refractivity contribution in [3.63, 3.8) is 0 Å². The van der Waals surface area contributed by atoms with Gasteiger partial charge in [-0.25, -0.2) is 4.79 Å². The zero-order valence-corrected chi connectivity index (χ0v) is 9.40. The van der Waals surface area contributed by atoms with Gasteiger partial charge in [-0.3, -0.25) is 10.1 Å². The molecule has 1 heterocycles. The fourth-order valence-electron chi connectivity index (χ4n) is 0.986. The number of carboxylic acids is 1. The molecule has 8 nitrogen and oxygen atoms in total. The third kappa shape index (κ3) is 3.77. The van der Waals surface area contributed by atoms with Gasteiger partial charge in [-0.15, -0.1) is 0 Å². The lowest BCUT2D eigenvalue weighted by Gasteiger charge is -2.19. The summed E-state index contributed by atoms with van der Waals surface area (Å²) in [5.41, 5.74) is 0. The minimum atomic E-state index is -0.941. The Morgan fingerprint density at radius 1 is 1.56 bits per heavy atom. The molecule has 1 aromatic rings. The summed E-state index contributed by atoms with van der Waals surface area (Å²) in [5, 5.41) is 18.1. The van der Waals surface area contributed by atoms with E-state index in [0.717, 1.165) is 11.5 Å². The minimum absolute atomic E-state index is 0.0877. The number of amides is 2. The molecule has 0 saturated carbocycles. The van der Waals surface area contributed by atoms with Gasteiger partial charge in [0.15, 0.2) is 0 Å². The number of nitrogens with one attached hydrogen (secondary N) is 1. The van der Waals surface area contributed by atoms with Crippen LogP contribution in [-0.2, 0) is 4.79 Å². The molecule has 0 aliphatic rings. The Hall–Kier alpha value is -1.77. The van der Waals surface area contributed by atoms with Crippen molar-refractivity contribution >= 4 is 28.7 Å². The summed E-state index contributed by atoms with van der Waals surface area (Å²) < 4.78 is 3.49. The number of aliphatic carboxylic acids is 1. The predicted octanol–water partition coefficient (Wildman–Crippen LogP) is 0.262. The number of aromatic nitrogens is 3. The number of anilines is 1. The zero-order chi connectivity index (χ0) is 12.0. The molecule has 0 saturated heterocycles. The van der Waals surface area contributed by atoms with Crippen molar-refractivity contribution in [2.45, 2.75) is 13.3 Å². The highest BCUT2D eigenvalue weighted by atomic mass is 32.1. The van der Waals surface area contributed by atoms with E-state index >= 15 is 0 Å². The number of hydrogen-bond donors (Lipinski definition) is 2. The van der Waals surface area contributed by atoms with Gasteiger partial charge in [-0.1, -0.05) is 9.59 Å². The number of carbonyl (C=O) groups excluding carboxylic acids is 1. The minimum Gasteiger partial charge on any atom is -0.481 e. The number of nitrogens with zero attached hydrogens (tertiary/aromatic N) is 4. The van der Waals surface area contributed by atoms with Crippen molar-refractivity contribution < 1.29 is 14.7 Å². The average molecular weight is 245 g/mol. The van der Waals surface area contributed by atoms with E-state index in [1.54, 1.807) is 6.92 Å². The molecule has 9 heteroatoms. The normalized spacial score (nSPS) is 9.81. The lowest BCUT2D eigenvalue weighted by molar-refractivity contribution is -0.137. The van der Waals surface area contributed by atoms with Gasteiger partial charge < -0.3 is 10.0 Å². The third-order valence-corrected chi connectivity index (χ3v) is 2.29. The highest BCUT2D eigenvalue weighted by Crippen LogP contribution is 2.06. The van der Waals surface area contributed by atoms with E-state index in [0.29, 0.717) is 11.7 Å². The molecule has 0 aromatic carbocycles. The Balaban J connectivity index is 2.46. The number of hydrogen-bond acceptors (Lipinski definition) is 6.